The monoisotopic (exact) mass is 251 g/mol. The van der Waals surface area contributed by atoms with E-state index in [2.05, 4.69) is 9.97 Å². The number of carbonyl (C=O) groups is 1. The fourth-order valence-corrected chi connectivity index (χ4v) is 1.97. The summed E-state index contributed by atoms with van der Waals surface area (Å²) in [6.07, 6.45) is 1.69. The summed E-state index contributed by atoms with van der Waals surface area (Å²) < 4.78 is 5.28. The number of aryl methyl sites for hydroxylation is 1. The van der Waals surface area contributed by atoms with Gasteiger partial charge in [-0.15, -0.1) is 0 Å². The number of nitrogens with zero attached hydrogens (tertiary/aromatic N) is 3. The maximum Gasteiger partial charge on any atom is 0.242 e. The van der Waals surface area contributed by atoms with Crippen molar-refractivity contribution in [3.8, 4) is 0 Å². The molecular weight excluding hydrogens is 234 g/mol. The van der Waals surface area contributed by atoms with Crippen LogP contribution in [0.15, 0.2) is 6.20 Å². The second kappa shape index (κ2) is 5.28. The molecule has 98 valence electrons. The molecule has 1 fully saturated rings. The predicted molar refractivity (Wildman–Crippen MR) is 65.8 cm³/mol. The van der Waals surface area contributed by atoms with E-state index in [1.54, 1.807) is 13.1 Å². The first-order valence-corrected chi connectivity index (χ1v) is 5.79. The van der Waals surface area contributed by atoms with Gasteiger partial charge in [0, 0.05) is 24.8 Å². The van der Waals surface area contributed by atoms with Crippen molar-refractivity contribution in [2.45, 2.75) is 19.5 Å². The van der Waals surface area contributed by atoms with Gasteiger partial charge in [-0.2, -0.15) is 0 Å². The van der Waals surface area contributed by atoms with E-state index in [4.69, 9.17) is 16.2 Å². The SMILES string of the molecule is Cc1ncc(CN)c(N2CCOCC2C(N)=O)n1. The van der Waals surface area contributed by atoms with Gasteiger partial charge in [0.1, 0.15) is 17.7 Å². The molecule has 1 atom stereocenters. The first kappa shape index (κ1) is 12.7. The highest BCUT2D eigenvalue weighted by Crippen LogP contribution is 2.21. The smallest absolute Gasteiger partial charge is 0.242 e. The lowest BCUT2D eigenvalue weighted by Gasteiger charge is -2.35. The number of morpholine rings is 1. The minimum absolute atomic E-state index is 0.280. The van der Waals surface area contributed by atoms with Crippen LogP contribution in [0.4, 0.5) is 5.82 Å². The molecule has 7 nitrogen and oxygen atoms in total. The minimum Gasteiger partial charge on any atom is -0.377 e. The Morgan fingerprint density at radius 3 is 3.11 bits per heavy atom. The van der Waals surface area contributed by atoms with Gasteiger partial charge in [-0.25, -0.2) is 9.97 Å². The van der Waals surface area contributed by atoms with Gasteiger partial charge in [-0.3, -0.25) is 4.79 Å². The molecule has 1 amide bonds. The Balaban J connectivity index is 2.38. The molecule has 1 unspecified atom stereocenters. The number of rotatable bonds is 3. The van der Waals surface area contributed by atoms with E-state index < -0.39 is 11.9 Å². The lowest BCUT2D eigenvalue weighted by Crippen LogP contribution is -2.53. The Hall–Kier alpha value is -1.73. The van der Waals surface area contributed by atoms with Gasteiger partial charge in [-0.05, 0) is 6.92 Å². The largest absolute Gasteiger partial charge is 0.377 e. The molecule has 0 saturated carbocycles. The zero-order chi connectivity index (χ0) is 13.1. The molecule has 0 bridgehead atoms. The summed E-state index contributed by atoms with van der Waals surface area (Å²) in [7, 11) is 0. The van der Waals surface area contributed by atoms with Gasteiger partial charge < -0.3 is 21.1 Å². The number of ether oxygens (including phenoxy) is 1. The van der Waals surface area contributed by atoms with E-state index in [0.29, 0.717) is 31.3 Å². The zero-order valence-corrected chi connectivity index (χ0v) is 10.3. The van der Waals surface area contributed by atoms with E-state index in [0.717, 1.165) is 5.56 Å². The van der Waals surface area contributed by atoms with Crippen molar-refractivity contribution in [2.24, 2.45) is 11.5 Å². The molecule has 4 N–H and O–H groups in total. The van der Waals surface area contributed by atoms with Gasteiger partial charge in [0.2, 0.25) is 5.91 Å². The molecule has 2 heterocycles. The van der Waals surface area contributed by atoms with Gasteiger partial charge >= 0.3 is 0 Å². The highest BCUT2D eigenvalue weighted by atomic mass is 16.5. The molecule has 0 aliphatic carbocycles. The third-order valence-corrected chi connectivity index (χ3v) is 2.91. The standard InChI is InChI=1S/C11H17N5O2/c1-7-14-5-8(4-12)11(15-7)16-2-3-18-6-9(16)10(13)17/h5,9H,2-4,6,12H2,1H3,(H2,13,17). The second-order valence-electron chi connectivity index (χ2n) is 4.16. The topological polar surface area (TPSA) is 107 Å². The zero-order valence-electron chi connectivity index (χ0n) is 10.3. The van der Waals surface area contributed by atoms with Gasteiger partial charge in [0.05, 0.1) is 13.2 Å². The van der Waals surface area contributed by atoms with Crippen LogP contribution in [0.25, 0.3) is 0 Å². The summed E-state index contributed by atoms with van der Waals surface area (Å²) in [5.74, 6) is 0.892. The van der Waals surface area contributed by atoms with Crippen molar-refractivity contribution >= 4 is 11.7 Å². The Labute approximate surface area is 105 Å². The number of amides is 1. The molecular formula is C11H17N5O2. The lowest BCUT2D eigenvalue weighted by molar-refractivity contribution is -0.121. The summed E-state index contributed by atoms with van der Waals surface area (Å²) in [4.78, 5) is 21.8. The Kier molecular flexibility index (Phi) is 3.73. The van der Waals surface area contributed by atoms with Crippen LogP contribution < -0.4 is 16.4 Å². The predicted octanol–water partition coefficient (Wildman–Crippen LogP) is -1.07. The van der Waals surface area contributed by atoms with E-state index >= 15 is 0 Å². The average molecular weight is 251 g/mol. The van der Waals surface area contributed by atoms with Gasteiger partial charge in [0.15, 0.2) is 0 Å². The van der Waals surface area contributed by atoms with Gasteiger partial charge in [0.25, 0.3) is 0 Å². The second-order valence-corrected chi connectivity index (χ2v) is 4.16. The summed E-state index contributed by atoms with van der Waals surface area (Å²) >= 11 is 0. The fraction of sp³-hybridized carbons (Fsp3) is 0.545. The van der Waals surface area contributed by atoms with Crippen LogP contribution in [-0.2, 0) is 16.1 Å². The molecule has 1 aliphatic heterocycles. The van der Waals surface area contributed by atoms with E-state index in [1.807, 2.05) is 4.90 Å². The van der Waals surface area contributed by atoms with Crippen LogP contribution in [0.5, 0.6) is 0 Å². The average Bonchev–Trinajstić information content (AvgIpc) is 2.38. The van der Waals surface area contributed by atoms with Crippen molar-refractivity contribution in [3.05, 3.63) is 17.6 Å². The maximum absolute atomic E-state index is 11.4. The minimum atomic E-state index is -0.502. The van der Waals surface area contributed by atoms with Crippen molar-refractivity contribution in [1.29, 1.82) is 0 Å². The number of carbonyl (C=O) groups excluding carboxylic acids is 1. The first-order chi connectivity index (χ1) is 8.63. The summed E-state index contributed by atoms with van der Waals surface area (Å²) in [6, 6.07) is -0.502. The van der Waals surface area contributed by atoms with Crippen molar-refractivity contribution < 1.29 is 9.53 Å². The Bertz CT molecular complexity index is 451. The normalized spacial score (nSPS) is 19.9. The molecule has 1 aliphatic rings. The lowest BCUT2D eigenvalue weighted by atomic mass is 10.2. The molecule has 1 saturated heterocycles. The first-order valence-electron chi connectivity index (χ1n) is 5.79. The summed E-state index contributed by atoms with van der Waals surface area (Å²) in [6.45, 7) is 3.50. The number of nitrogens with two attached hydrogens (primary N) is 2. The fourth-order valence-electron chi connectivity index (χ4n) is 1.97. The van der Waals surface area contributed by atoms with Crippen LogP contribution >= 0.6 is 0 Å². The number of hydrogen-bond donors (Lipinski definition) is 2. The van der Waals surface area contributed by atoms with Crippen LogP contribution in [0.3, 0.4) is 0 Å². The summed E-state index contributed by atoms with van der Waals surface area (Å²) in [5, 5.41) is 0. The number of anilines is 1. The molecule has 1 aromatic heterocycles. The highest BCUT2D eigenvalue weighted by Gasteiger charge is 2.30. The molecule has 1 aromatic rings. The Morgan fingerprint density at radius 1 is 1.67 bits per heavy atom. The molecule has 7 heteroatoms. The molecule has 0 radical (unpaired) electrons. The molecule has 0 aromatic carbocycles. The van der Waals surface area contributed by atoms with Crippen molar-refractivity contribution in [2.75, 3.05) is 24.7 Å². The van der Waals surface area contributed by atoms with Crippen molar-refractivity contribution in [1.82, 2.24) is 9.97 Å². The molecule has 18 heavy (non-hydrogen) atoms. The molecule has 2 rings (SSSR count). The third kappa shape index (κ3) is 2.41. The third-order valence-electron chi connectivity index (χ3n) is 2.91. The van der Waals surface area contributed by atoms with E-state index in [1.165, 1.54) is 0 Å². The van der Waals surface area contributed by atoms with Gasteiger partial charge in [-0.1, -0.05) is 0 Å². The maximum atomic E-state index is 11.4. The Morgan fingerprint density at radius 2 is 2.44 bits per heavy atom. The quantitative estimate of drug-likeness (QED) is 0.708. The highest BCUT2D eigenvalue weighted by molar-refractivity contribution is 5.84. The van der Waals surface area contributed by atoms with E-state index in [9.17, 15) is 4.79 Å². The molecule has 0 spiro atoms. The van der Waals surface area contributed by atoms with Crippen molar-refractivity contribution in [3.63, 3.8) is 0 Å². The van der Waals surface area contributed by atoms with E-state index in [-0.39, 0.29) is 6.61 Å². The van der Waals surface area contributed by atoms with Crippen LogP contribution in [0, 0.1) is 6.92 Å². The number of primary amides is 1. The number of hydrogen-bond acceptors (Lipinski definition) is 6. The van der Waals surface area contributed by atoms with Crippen LogP contribution in [-0.4, -0.2) is 41.7 Å². The van der Waals surface area contributed by atoms with Crippen LogP contribution in [0.1, 0.15) is 11.4 Å². The summed E-state index contributed by atoms with van der Waals surface area (Å²) in [5.41, 5.74) is 11.9. The number of aromatic nitrogens is 2. The van der Waals surface area contributed by atoms with Crippen LogP contribution in [0.2, 0.25) is 0 Å².